The Morgan fingerprint density at radius 2 is 2.00 bits per heavy atom. The van der Waals surface area contributed by atoms with Crippen molar-refractivity contribution in [3.8, 4) is 6.07 Å². The van der Waals surface area contributed by atoms with Crippen LogP contribution < -0.4 is 5.32 Å². The van der Waals surface area contributed by atoms with Gasteiger partial charge in [0.15, 0.2) is 0 Å². The quantitative estimate of drug-likeness (QED) is 0.880. The summed E-state index contributed by atoms with van der Waals surface area (Å²) in [5, 5.41) is 11.2. The maximum atomic E-state index is 12.7. The summed E-state index contributed by atoms with van der Waals surface area (Å²) >= 11 is 5.75. The Labute approximate surface area is 101 Å². The van der Waals surface area contributed by atoms with Crippen LogP contribution in [-0.4, -0.2) is 11.7 Å². The Morgan fingerprint density at radius 1 is 1.35 bits per heavy atom. The maximum absolute atomic E-state index is 12.7. The Balaban J connectivity index is 2.21. The Kier molecular flexibility index (Phi) is 2.70. The zero-order valence-corrected chi connectivity index (χ0v) is 9.36. The van der Waals surface area contributed by atoms with Crippen molar-refractivity contribution >= 4 is 17.3 Å². The molecule has 0 radical (unpaired) electrons. The number of rotatable bonds is 2. The Hall–Kier alpha value is -1.41. The minimum absolute atomic E-state index is 0.0636. The number of benzene rings is 1. The number of nitriles is 1. The second kappa shape index (κ2) is 3.81. The van der Waals surface area contributed by atoms with Crippen molar-refractivity contribution in [3.63, 3.8) is 0 Å². The molecule has 0 unspecified atom stereocenters. The molecule has 0 saturated heterocycles. The molecule has 0 aliphatic heterocycles. The van der Waals surface area contributed by atoms with Crippen molar-refractivity contribution < 1.29 is 13.2 Å². The van der Waals surface area contributed by atoms with Gasteiger partial charge in [-0.15, -0.1) is 0 Å². The summed E-state index contributed by atoms with van der Waals surface area (Å²) in [5.74, 6) is 0. The predicted octanol–water partition coefficient (Wildman–Crippen LogP) is 3.72. The minimum atomic E-state index is -4.27. The van der Waals surface area contributed by atoms with Crippen LogP contribution >= 0.6 is 11.6 Å². The van der Waals surface area contributed by atoms with Gasteiger partial charge >= 0.3 is 6.18 Å². The molecule has 1 aliphatic rings. The fourth-order valence-electron chi connectivity index (χ4n) is 1.56. The van der Waals surface area contributed by atoms with Crippen LogP contribution in [0.15, 0.2) is 18.2 Å². The van der Waals surface area contributed by atoms with Gasteiger partial charge in [-0.05, 0) is 31.0 Å². The number of alkyl halides is 3. The van der Waals surface area contributed by atoms with E-state index in [9.17, 15) is 13.2 Å². The van der Waals surface area contributed by atoms with E-state index in [0.29, 0.717) is 0 Å². The van der Waals surface area contributed by atoms with Gasteiger partial charge in [-0.2, -0.15) is 18.4 Å². The van der Waals surface area contributed by atoms with E-state index in [0.717, 1.165) is 0 Å². The average molecular weight is 261 g/mol. The molecule has 0 aromatic heterocycles. The summed E-state index contributed by atoms with van der Waals surface area (Å²) < 4.78 is 38.0. The summed E-state index contributed by atoms with van der Waals surface area (Å²) in [5.41, 5.74) is -1.29. The Morgan fingerprint density at radius 3 is 2.41 bits per heavy atom. The summed E-state index contributed by atoms with van der Waals surface area (Å²) in [4.78, 5) is 0. The van der Waals surface area contributed by atoms with Crippen molar-refractivity contribution in [2.75, 3.05) is 5.32 Å². The highest BCUT2D eigenvalue weighted by Crippen LogP contribution is 2.51. The fourth-order valence-corrected chi connectivity index (χ4v) is 1.79. The first-order valence-corrected chi connectivity index (χ1v) is 5.30. The summed E-state index contributed by atoms with van der Waals surface area (Å²) in [7, 11) is 0. The smallest absolute Gasteiger partial charge is 0.371 e. The average Bonchev–Trinajstić information content (AvgIpc) is 2.98. The van der Waals surface area contributed by atoms with E-state index in [-0.39, 0.29) is 29.1 Å². The predicted molar refractivity (Wildman–Crippen MR) is 57.8 cm³/mol. The zero-order chi connectivity index (χ0) is 12.7. The van der Waals surface area contributed by atoms with Crippen molar-refractivity contribution in [3.05, 3.63) is 28.8 Å². The molecule has 0 heterocycles. The molecule has 1 aromatic rings. The third-order valence-corrected chi connectivity index (χ3v) is 3.08. The van der Waals surface area contributed by atoms with Crippen LogP contribution in [0.25, 0.3) is 0 Å². The van der Waals surface area contributed by atoms with Gasteiger partial charge in [-0.1, -0.05) is 11.6 Å². The van der Waals surface area contributed by atoms with E-state index >= 15 is 0 Å². The first-order valence-electron chi connectivity index (χ1n) is 4.92. The number of nitrogens with zero attached hydrogens (tertiary/aromatic N) is 1. The van der Waals surface area contributed by atoms with E-state index in [1.807, 2.05) is 6.07 Å². The van der Waals surface area contributed by atoms with E-state index in [2.05, 4.69) is 5.32 Å². The standard InChI is InChI=1S/C11H8ClF3N2/c12-9-5-8(2-1-7(9)6-16)17-10(3-4-10)11(13,14)15/h1-2,5,17H,3-4H2. The molecule has 0 bridgehead atoms. The number of hydrogen-bond donors (Lipinski definition) is 1. The monoisotopic (exact) mass is 260 g/mol. The molecular weight excluding hydrogens is 253 g/mol. The van der Waals surface area contributed by atoms with E-state index in [1.165, 1.54) is 18.2 Å². The minimum Gasteiger partial charge on any atom is -0.371 e. The number of halogens is 4. The van der Waals surface area contributed by atoms with Crippen LogP contribution in [0.3, 0.4) is 0 Å². The van der Waals surface area contributed by atoms with Crippen molar-refractivity contribution in [2.45, 2.75) is 24.6 Å². The molecule has 1 saturated carbocycles. The van der Waals surface area contributed by atoms with E-state index in [1.54, 1.807) is 0 Å². The topological polar surface area (TPSA) is 35.8 Å². The van der Waals surface area contributed by atoms with Crippen LogP contribution in [-0.2, 0) is 0 Å². The number of hydrogen-bond acceptors (Lipinski definition) is 2. The molecule has 0 atom stereocenters. The maximum Gasteiger partial charge on any atom is 0.411 e. The van der Waals surface area contributed by atoms with Crippen LogP contribution in [0, 0.1) is 11.3 Å². The highest BCUT2D eigenvalue weighted by Gasteiger charge is 2.63. The Bertz CT molecular complexity index is 486. The lowest BCUT2D eigenvalue weighted by Crippen LogP contribution is -2.38. The van der Waals surface area contributed by atoms with Crippen LogP contribution in [0.1, 0.15) is 18.4 Å². The molecular formula is C11H8ClF3N2. The second-order valence-electron chi connectivity index (χ2n) is 4.01. The SMILES string of the molecule is N#Cc1ccc(NC2(C(F)(F)F)CC2)cc1Cl. The molecule has 0 spiro atoms. The van der Waals surface area contributed by atoms with Crippen molar-refractivity contribution in [1.82, 2.24) is 0 Å². The third-order valence-electron chi connectivity index (χ3n) is 2.77. The lowest BCUT2D eigenvalue weighted by Gasteiger charge is -2.22. The molecule has 1 aromatic carbocycles. The summed E-state index contributed by atoms with van der Waals surface area (Å²) in [6.45, 7) is 0. The first kappa shape index (κ1) is 12.1. The third kappa shape index (κ3) is 2.18. The zero-order valence-electron chi connectivity index (χ0n) is 8.61. The lowest BCUT2D eigenvalue weighted by atomic mass is 10.2. The van der Waals surface area contributed by atoms with Gasteiger partial charge in [0, 0.05) is 5.69 Å². The van der Waals surface area contributed by atoms with Crippen LogP contribution in [0.4, 0.5) is 18.9 Å². The number of nitrogens with one attached hydrogen (secondary N) is 1. The number of anilines is 1. The molecule has 0 amide bonds. The highest BCUT2D eigenvalue weighted by molar-refractivity contribution is 6.32. The van der Waals surface area contributed by atoms with Crippen molar-refractivity contribution in [1.29, 1.82) is 5.26 Å². The molecule has 1 aliphatic carbocycles. The van der Waals surface area contributed by atoms with Crippen molar-refractivity contribution in [2.24, 2.45) is 0 Å². The van der Waals surface area contributed by atoms with E-state index in [4.69, 9.17) is 16.9 Å². The molecule has 1 fully saturated rings. The molecule has 2 rings (SSSR count). The second-order valence-corrected chi connectivity index (χ2v) is 4.42. The van der Waals surface area contributed by atoms with Gasteiger partial charge < -0.3 is 5.32 Å². The van der Waals surface area contributed by atoms with Gasteiger partial charge in [0.2, 0.25) is 0 Å². The normalized spacial score (nSPS) is 17.4. The van der Waals surface area contributed by atoms with Crippen LogP contribution in [0.5, 0.6) is 0 Å². The largest absolute Gasteiger partial charge is 0.411 e. The van der Waals surface area contributed by atoms with Gasteiger partial charge in [0.25, 0.3) is 0 Å². The van der Waals surface area contributed by atoms with E-state index < -0.39 is 11.7 Å². The molecule has 90 valence electrons. The molecule has 6 heteroatoms. The van der Waals surface area contributed by atoms with Crippen LogP contribution in [0.2, 0.25) is 5.02 Å². The van der Waals surface area contributed by atoms with Gasteiger partial charge in [0.1, 0.15) is 11.6 Å². The summed E-state index contributed by atoms with van der Waals surface area (Å²) in [6, 6.07) is 6.02. The van der Waals surface area contributed by atoms with Gasteiger partial charge in [0.05, 0.1) is 10.6 Å². The molecule has 17 heavy (non-hydrogen) atoms. The van der Waals surface area contributed by atoms with Gasteiger partial charge in [-0.3, -0.25) is 0 Å². The highest BCUT2D eigenvalue weighted by atomic mass is 35.5. The fraction of sp³-hybridized carbons (Fsp3) is 0.364. The molecule has 2 nitrogen and oxygen atoms in total. The molecule has 1 N–H and O–H groups in total. The lowest BCUT2D eigenvalue weighted by molar-refractivity contribution is -0.151. The van der Waals surface area contributed by atoms with Gasteiger partial charge in [-0.25, -0.2) is 0 Å². The summed E-state index contributed by atoms with van der Waals surface area (Å²) in [6.07, 6.45) is -4.14. The first-order chi connectivity index (χ1) is 7.88.